The minimum Gasteiger partial charge on any atom is -0.497 e. The molecular weight excluding hydrogens is 439 g/mol. The van der Waals surface area contributed by atoms with Gasteiger partial charge in [-0.2, -0.15) is 0 Å². The summed E-state index contributed by atoms with van der Waals surface area (Å²) in [6.45, 7) is 1.29. The maximum Gasteiger partial charge on any atom is 0.241 e. The number of anilines is 1. The molecule has 1 atom stereocenters. The van der Waals surface area contributed by atoms with Crippen LogP contribution in [-0.4, -0.2) is 41.3 Å². The normalized spacial score (nSPS) is 12.2. The largest absolute Gasteiger partial charge is 0.497 e. The molecule has 0 radical (unpaired) electrons. The third-order valence-corrected chi connectivity index (χ3v) is 5.83. The van der Waals surface area contributed by atoms with Crippen LogP contribution in [0.15, 0.2) is 36.4 Å². The summed E-state index contributed by atoms with van der Waals surface area (Å²) in [7, 11) is -0.736. The Balaban J connectivity index is 2.26. The van der Waals surface area contributed by atoms with Crippen molar-refractivity contribution in [1.29, 1.82) is 0 Å². The molecule has 0 fully saturated rings. The highest BCUT2D eigenvalue weighted by atomic mass is 35.5. The van der Waals surface area contributed by atoms with E-state index in [-0.39, 0.29) is 10.7 Å². The van der Waals surface area contributed by atoms with Gasteiger partial charge in [0.05, 0.1) is 37.2 Å². The summed E-state index contributed by atoms with van der Waals surface area (Å²) in [6, 6.07) is 9.14. The quantitative estimate of drug-likeness (QED) is 0.649. The first-order valence-electron chi connectivity index (χ1n) is 8.51. The number of methoxy groups -OCH3 is 2. The van der Waals surface area contributed by atoms with Crippen LogP contribution in [0.25, 0.3) is 0 Å². The Morgan fingerprint density at radius 2 is 1.83 bits per heavy atom. The van der Waals surface area contributed by atoms with Gasteiger partial charge in [0.25, 0.3) is 0 Å². The second-order valence-electron chi connectivity index (χ2n) is 6.26. The third kappa shape index (κ3) is 5.91. The molecule has 2 rings (SSSR count). The number of carbonyl (C=O) groups is 1. The first-order valence-corrected chi connectivity index (χ1v) is 11.1. The Labute approximate surface area is 180 Å². The molecule has 0 unspecified atom stereocenters. The molecule has 1 amide bonds. The molecule has 0 saturated carbocycles. The van der Waals surface area contributed by atoms with Gasteiger partial charge in [0.15, 0.2) is 0 Å². The van der Waals surface area contributed by atoms with Crippen LogP contribution >= 0.6 is 23.2 Å². The van der Waals surface area contributed by atoms with Gasteiger partial charge in [-0.1, -0.05) is 23.2 Å². The number of nitrogens with one attached hydrogen (secondary N) is 1. The second-order valence-corrected chi connectivity index (χ2v) is 9.01. The van der Waals surface area contributed by atoms with Crippen molar-refractivity contribution in [1.82, 2.24) is 5.32 Å². The molecule has 2 aromatic carbocycles. The first-order chi connectivity index (χ1) is 13.6. The van der Waals surface area contributed by atoms with Crippen molar-refractivity contribution in [2.75, 3.05) is 31.3 Å². The van der Waals surface area contributed by atoms with Gasteiger partial charge in [-0.25, -0.2) is 8.42 Å². The van der Waals surface area contributed by atoms with Crippen LogP contribution in [0.2, 0.25) is 10.0 Å². The lowest BCUT2D eigenvalue weighted by atomic mass is 10.1. The Hall–Kier alpha value is -2.16. The molecule has 7 nitrogen and oxygen atoms in total. The molecule has 0 aliphatic heterocycles. The zero-order valence-corrected chi connectivity index (χ0v) is 18.7. The first kappa shape index (κ1) is 23.1. The molecule has 2 aromatic rings. The topological polar surface area (TPSA) is 84.9 Å². The number of amides is 1. The van der Waals surface area contributed by atoms with Crippen LogP contribution in [-0.2, 0) is 14.8 Å². The Bertz CT molecular complexity index is 998. The number of nitrogens with zero attached hydrogens (tertiary/aromatic N) is 1. The van der Waals surface area contributed by atoms with E-state index < -0.39 is 28.5 Å². The smallest absolute Gasteiger partial charge is 0.241 e. The predicted molar refractivity (Wildman–Crippen MR) is 115 cm³/mol. The van der Waals surface area contributed by atoms with Gasteiger partial charge in [-0.15, -0.1) is 0 Å². The number of benzene rings is 2. The summed E-state index contributed by atoms with van der Waals surface area (Å²) in [4.78, 5) is 12.6. The third-order valence-electron chi connectivity index (χ3n) is 4.15. The molecule has 0 aliphatic carbocycles. The molecular formula is C19H22Cl2N2O5S. The maximum absolute atomic E-state index is 12.6. The van der Waals surface area contributed by atoms with Gasteiger partial charge in [-0.05, 0) is 43.3 Å². The van der Waals surface area contributed by atoms with Gasteiger partial charge < -0.3 is 14.8 Å². The van der Waals surface area contributed by atoms with Crippen LogP contribution in [0.5, 0.6) is 11.5 Å². The number of sulfonamides is 1. The number of hydrogen-bond acceptors (Lipinski definition) is 5. The van der Waals surface area contributed by atoms with E-state index in [1.807, 2.05) is 0 Å². The number of carbonyl (C=O) groups excluding carboxylic acids is 1. The van der Waals surface area contributed by atoms with Crippen molar-refractivity contribution in [2.45, 2.75) is 13.0 Å². The molecule has 10 heteroatoms. The number of ether oxygens (including phenoxy) is 2. The van der Waals surface area contributed by atoms with Gasteiger partial charge in [0, 0.05) is 10.6 Å². The van der Waals surface area contributed by atoms with Crippen LogP contribution in [0, 0.1) is 0 Å². The molecule has 0 bridgehead atoms. The van der Waals surface area contributed by atoms with Crippen LogP contribution in [0.1, 0.15) is 18.5 Å². The van der Waals surface area contributed by atoms with E-state index in [1.54, 1.807) is 25.1 Å². The zero-order chi connectivity index (χ0) is 21.8. The van der Waals surface area contributed by atoms with Crippen molar-refractivity contribution in [2.24, 2.45) is 0 Å². The fourth-order valence-electron chi connectivity index (χ4n) is 2.73. The second kappa shape index (κ2) is 9.56. The summed E-state index contributed by atoms with van der Waals surface area (Å²) in [5, 5.41) is 3.23. The number of rotatable bonds is 8. The highest BCUT2D eigenvalue weighted by Gasteiger charge is 2.25. The highest BCUT2D eigenvalue weighted by Crippen LogP contribution is 2.31. The van der Waals surface area contributed by atoms with Crippen molar-refractivity contribution in [3.8, 4) is 11.5 Å². The van der Waals surface area contributed by atoms with E-state index in [4.69, 9.17) is 32.7 Å². The van der Waals surface area contributed by atoms with E-state index in [0.29, 0.717) is 22.1 Å². The van der Waals surface area contributed by atoms with E-state index in [1.165, 1.54) is 32.4 Å². The van der Waals surface area contributed by atoms with Crippen LogP contribution in [0.4, 0.5) is 5.69 Å². The van der Waals surface area contributed by atoms with Crippen molar-refractivity contribution >= 4 is 44.8 Å². The molecule has 29 heavy (non-hydrogen) atoms. The summed E-state index contributed by atoms with van der Waals surface area (Å²) < 4.78 is 36.0. The van der Waals surface area contributed by atoms with E-state index in [9.17, 15) is 13.2 Å². The lowest BCUT2D eigenvalue weighted by Crippen LogP contribution is -2.41. The Morgan fingerprint density at radius 3 is 2.41 bits per heavy atom. The average molecular weight is 461 g/mol. The lowest BCUT2D eigenvalue weighted by molar-refractivity contribution is -0.120. The maximum atomic E-state index is 12.6. The monoisotopic (exact) mass is 460 g/mol. The van der Waals surface area contributed by atoms with E-state index >= 15 is 0 Å². The van der Waals surface area contributed by atoms with Crippen molar-refractivity contribution in [3.63, 3.8) is 0 Å². The summed E-state index contributed by atoms with van der Waals surface area (Å²) in [5.74, 6) is 0.644. The lowest BCUT2D eigenvalue weighted by Gasteiger charge is -2.24. The summed E-state index contributed by atoms with van der Waals surface area (Å²) in [5.41, 5.74) is 0.815. The van der Waals surface area contributed by atoms with Crippen molar-refractivity contribution in [3.05, 3.63) is 52.0 Å². The Kier molecular flexibility index (Phi) is 7.62. The fraction of sp³-hybridized carbons (Fsp3) is 0.316. The molecule has 0 heterocycles. The van der Waals surface area contributed by atoms with Crippen LogP contribution < -0.4 is 19.1 Å². The average Bonchev–Trinajstić information content (AvgIpc) is 2.66. The molecule has 1 N–H and O–H groups in total. The SMILES string of the molecule is COc1ccc(OC)c([C@@H](C)NC(=O)CN(c2cc(Cl)ccc2Cl)S(C)(=O)=O)c1. The molecule has 158 valence electrons. The minimum atomic E-state index is -3.79. The fourth-order valence-corrected chi connectivity index (χ4v) is 4.03. The minimum absolute atomic E-state index is 0.128. The molecule has 0 aliphatic rings. The van der Waals surface area contributed by atoms with Gasteiger partial charge in [0.1, 0.15) is 18.0 Å². The van der Waals surface area contributed by atoms with Gasteiger partial charge in [0.2, 0.25) is 15.9 Å². The predicted octanol–water partition coefficient (Wildman–Crippen LogP) is 3.65. The number of halogens is 2. The van der Waals surface area contributed by atoms with Crippen molar-refractivity contribution < 1.29 is 22.7 Å². The van der Waals surface area contributed by atoms with Crippen LogP contribution in [0.3, 0.4) is 0 Å². The summed E-state index contributed by atoms with van der Waals surface area (Å²) in [6.07, 6.45) is 0.992. The number of hydrogen-bond donors (Lipinski definition) is 1. The Morgan fingerprint density at radius 1 is 1.14 bits per heavy atom. The standard InChI is InChI=1S/C19H22Cl2N2O5S/c1-12(15-10-14(27-2)6-8-18(15)28-3)22-19(24)11-23(29(4,25)26)17-9-13(20)5-7-16(17)21/h5-10,12H,11H2,1-4H3,(H,22,24)/t12-/m1/s1. The molecule has 0 aromatic heterocycles. The van der Waals surface area contributed by atoms with E-state index in [2.05, 4.69) is 5.32 Å². The molecule has 0 saturated heterocycles. The summed E-state index contributed by atoms with van der Waals surface area (Å²) >= 11 is 12.1. The van der Waals surface area contributed by atoms with Gasteiger partial charge in [-0.3, -0.25) is 9.10 Å². The van der Waals surface area contributed by atoms with E-state index in [0.717, 1.165) is 10.6 Å². The van der Waals surface area contributed by atoms with Gasteiger partial charge >= 0.3 is 0 Å². The highest BCUT2D eigenvalue weighted by molar-refractivity contribution is 7.92. The zero-order valence-electron chi connectivity index (χ0n) is 16.4. The molecule has 0 spiro atoms.